The number of hydrogen-bond acceptors (Lipinski definition) is 3. The number of carbonyl (C=O) groups excluding carboxylic acids is 1. The molecule has 0 N–H and O–H groups in total. The van der Waals surface area contributed by atoms with E-state index >= 15 is 0 Å². The third-order valence-corrected chi connectivity index (χ3v) is 5.13. The fourth-order valence-electron chi connectivity index (χ4n) is 3.87. The second kappa shape index (κ2) is 7.16. The van der Waals surface area contributed by atoms with Gasteiger partial charge in [-0.1, -0.05) is 12.5 Å². The Balaban J connectivity index is 1.76. The number of hydrogen-bond donors (Lipinski definition) is 0. The van der Waals surface area contributed by atoms with Gasteiger partial charge in [-0.15, -0.1) is 0 Å². The minimum atomic E-state index is 0.304. The van der Waals surface area contributed by atoms with Crippen LogP contribution in [-0.2, 0) is 11.2 Å². The summed E-state index contributed by atoms with van der Waals surface area (Å²) in [7, 11) is 3.29. The van der Waals surface area contributed by atoms with Crippen molar-refractivity contribution >= 4 is 11.6 Å². The second-order valence-corrected chi connectivity index (χ2v) is 6.46. The van der Waals surface area contributed by atoms with Gasteiger partial charge in [0, 0.05) is 18.8 Å². The Hall–Kier alpha value is -1.84. The molecule has 1 amide bonds. The molecule has 1 unspecified atom stereocenters. The summed E-state index contributed by atoms with van der Waals surface area (Å²) in [6.07, 6.45) is 7.51. The highest BCUT2D eigenvalue weighted by Crippen LogP contribution is 2.30. The van der Waals surface area contributed by atoms with Crippen molar-refractivity contribution in [3.63, 3.8) is 0 Å². The average molecular weight is 316 g/mol. The molecule has 0 saturated heterocycles. The summed E-state index contributed by atoms with van der Waals surface area (Å²) >= 11 is 0. The quantitative estimate of drug-likeness (QED) is 0.783. The van der Waals surface area contributed by atoms with Crippen molar-refractivity contribution in [3.8, 4) is 11.5 Å². The molecule has 1 fully saturated rings. The second-order valence-electron chi connectivity index (χ2n) is 6.46. The Morgan fingerprint density at radius 2 is 1.91 bits per heavy atom. The van der Waals surface area contributed by atoms with E-state index < -0.39 is 0 Å². The van der Waals surface area contributed by atoms with Crippen LogP contribution in [0, 0.1) is 5.92 Å². The van der Waals surface area contributed by atoms with E-state index in [4.69, 9.17) is 9.47 Å². The molecule has 1 aromatic rings. The van der Waals surface area contributed by atoms with Crippen molar-refractivity contribution in [1.82, 2.24) is 0 Å². The molecule has 1 aliphatic carbocycles. The standard InChI is InChI=1S/C19H26NO3/c1-22-17-9-7-14(13-18(17)23-2)11-12-20-16-6-4-3-5-15(16)8-10-19(20)21/h7,9,13,15H,3-6,8,10-12H2,1-2H3/q+1. The highest BCUT2D eigenvalue weighted by molar-refractivity contribution is 5.90. The monoisotopic (exact) mass is 316 g/mol. The van der Waals surface area contributed by atoms with Gasteiger partial charge in [0.05, 0.1) is 20.6 Å². The summed E-state index contributed by atoms with van der Waals surface area (Å²) < 4.78 is 12.7. The molecular formula is C19H26NO3+. The summed E-state index contributed by atoms with van der Waals surface area (Å²) in [5, 5.41) is 0. The van der Waals surface area contributed by atoms with Crippen LogP contribution in [0.25, 0.3) is 0 Å². The van der Waals surface area contributed by atoms with Crippen LogP contribution in [0.5, 0.6) is 11.5 Å². The first kappa shape index (κ1) is 16.0. The minimum absolute atomic E-state index is 0.304. The first-order valence-corrected chi connectivity index (χ1v) is 8.60. The van der Waals surface area contributed by atoms with Crippen molar-refractivity contribution in [2.45, 2.75) is 44.9 Å². The van der Waals surface area contributed by atoms with Gasteiger partial charge in [-0.05, 0) is 37.0 Å². The van der Waals surface area contributed by atoms with Gasteiger partial charge >= 0.3 is 5.91 Å². The molecule has 0 bridgehead atoms. The number of rotatable bonds is 5. The molecule has 1 atom stereocenters. The van der Waals surface area contributed by atoms with E-state index in [0.717, 1.165) is 37.3 Å². The Morgan fingerprint density at radius 1 is 1.09 bits per heavy atom. The van der Waals surface area contributed by atoms with Crippen LogP contribution in [0.15, 0.2) is 18.2 Å². The molecule has 4 heteroatoms. The zero-order valence-electron chi connectivity index (χ0n) is 14.1. The molecule has 0 aromatic heterocycles. The van der Waals surface area contributed by atoms with E-state index in [2.05, 4.69) is 10.6 Å². The van der Waals surface area contributed by atoms with E-state index in [0.29, 0.717) is 18.2 Å². The van der Waals surface area contributed by atoms with Gasteiger partial charge in [-0.25, -0.2) is 4.79 Å². The lowest BCUT2D eigenvalue weighted by Crippen LogP contribution is -2.40. The molecule has 2 aliphatic rings. The molecule has 3 rings (SSSR count). The maximum atomic E-state index is 12.4. The van der Waals surface area contributed by atoms with Gasteiger partial charge in [0.1, 0.15) is 0 Å². The lowest BCUT2D eigenvalue weighted by molar-refractivity contribution is -0.456. The van der Waals surface area contributed by atoms with Crippen LogP contribution in [-0.4, -0.2) is 37.0 Å². The first-order chi connectivity index (χ1) is 11.2. The molecule has 23 heavy (non-hydrogen) atoms. The fraction of sp³-hybridized carbons (Fsp3) is 0.579. The zero-order chi connectivity index (χ0) is 16.2. The average Bonchev–Trinajstić information content (AvgIpc) is 2.60. The highest BCUT2D eigenvalue weighted by Gasteiger charge is 2.36. The first-order valence-electron chi connectivity index (χ1n) is 8.60. The van der Waals surface area contributed by atoms with Crippen molar-refractivity contribution in [2.75, 3.05) is 20.8 Å². The van der Waals surface area contributed by atoms with Gasteiger partial charge in [-0.3, -0.25) is 0 Å². The highest BCUT2D eigenvalue weighted by atomic mass is 16.5. The SMILES string of the molecule is COc1ccc(CC[N+]2=C3CCCCC3CCC2=O)cc1OC. The van der Waals surface area contributed by atoms with Crippen molar-refractivity contribution in [3.05, 3.63) is 23.8 Å². The van der Waals surface area contributed by atoms with Gasteiger partial charge in [0.15, 0.2) is 23.8 Å². The maximum Gasteiger partial charge on any atom is 0.386 e. The van der Waals surface area contributed by atoms with E-state index in [1.54, 1.807) is 14.2 Å². The molecule has 1 saturated carbocycles. The molecular weight excluding hydrogens is 290 g/mol. The van der Waals surface area contributed by atoms with E-state index in [1.165, 1.54) is 30.5 Å². The van der Waals surface area contributed by atoms with Gasteiger partial charge in [-0.2, -0.15) is 4.58 Å². The molecule has 4 nitrogen and oxygen atoms in total. The fourth-order valence-corrected chi connectivity index (χ4v) is 3.87. The molecule has 0 spiro atoms. The lowest BCUT2D eigenvalue weighted by Gasteiger charge is -2.25. The lowest BCUT2D eigenvalue weighted by atomic mass is 9.81. The Labute approximate surface area is 138 Å². The largest absolute Gasteiger partial charge is 0.493 e. The van der Waals surface area contributed by atoms with Crippen LogP contribution in [0.3, 0.4) is 0 Å². The van der Waals surface area contributed by atoms with Crippen molar-refractivity contribution < 1.29 is 18.8 Å². The number of ether oxygens (including phenoxy) is 2. The Bertz CT molecular complexity index is 621. The summed E-state index contributed by atoms with van der Waals surface area (Å²) in [5.41, 5.74) is 2.57. The number of amides is 1. The number of carbonyl (C=O) groups is 1. The zero-order valence-corrected chi connectivity index (χ0v) is 14.1. The van der Waals surface area contributed by atoms with Gasteiger partial charge in [0.25, 0.3) is 0 Å². The van der Waals surface area contributed by atoms with Crippen LogP contribution >= 0.6 is 0 Å². The normalized spacial score (nSPS) is 21.1. The van der Waals surface area contributed by atoms with E-state index in [1.807, 2.05) is 12.1 Å². The van der Waals surface area contributed by atoms with E-state index in [-0.39, 0.29) is 0 Å². The Kier molecular flexibility index (Phi) is 4.99. The predicted octanol–water partition coefficient (Wildman–Crippen LogP) is 3.21. The Morgan fingerprint density at radius 3 is 2.70 bits per heavy atom. The summed E-state index contributed by atoms with van der Waals surface area (Å²) in [6, 6.07) is 6.00. The van der Waals surface area contributed by atoms with Crippen molar-refractivity contribution in [1.29, 1.82) is 0 Å². The number of fused-ring (bicyclic) bond motifs is 1. The topological polar surface area (TPSA) is 38.5 Å². The smallest absolute Gasteiger partial charge is 0.386 e. The number of nitrogens with zero attached hydrogens (tertiary/aromatic N) is 1. The third kappa shape index (κ3) is 3.41. The van der Waals surface area contributed by atoms with Crippen LogP contribution in [0.1, 0.15) is 44.1 Å². The van der Waals surface area contributed by atoms with Crippen LogP contribution in [0.2, 0.25) is 0 Å². The summed E-state index contributed by atoms with van der Waals surface area (Å²) in [4.78, 5) is 12.4. The molecule has 1 heterocycles. The van der Waals surface area contributed by atoms with Crippen LogP contribution < -0.4 is 9.47 Å². The van der Waals surface area contributed by atoms with Crippen LogP contribution in [0.4, 0.5) is 0 Å². The van der Waals surface area contributed by atoms with E-state index in [9.17, 15) is 4.79 Å². The molecule has 1 aliphatic heterocycles. The third-order valence-electron chi connectivity index (χ3n) is 5.13. The van der Waals surface area contributed by atoms with Gasteiger partial charge < -0.3 is 9.47 Å². The maximum absolute atomic E-state index is 12.4. The number of benzene rings is 1. The van der Waals surface area contributed by atoms with Gasteiger partial charge in [0.2, 0.25) is 0 Å². The molecule has 124 valence electrons. The molecule has 0 radical (unpaired) electrons. The summed E-state index contributed by atoms with van der Waals surface area (Å²) in [5.74, 6) is 2.44. The predicted molar refractivity (Wildman–Crippen MR) is 89.6 cm³/mol. The minimum Gasteiger partial charge on any atom is -0.493 e. The molecule has 1 aromatic carbocycles. The number of methoxy groups -OCH3 is 2. The summed E-state index contributed by atoms with van der Waals surface area (Å²) in [6.45, 7) is 0.778. The van der Waals surface area contributed by atoms with Crippen molar-refractivity contribution in [2.24, 2.45) is 5.92 Å².